The predicted molar refractivity (Wildman–Crippen MR) is 89.9 cm³/mol. The molecule has 0 radical (unpaired) electrons. The fraction of sp³-hybridized carbons (Fsp3) is 0.316. The summed E-state index contributed by atoms with van der Waals surface area (Å²) in [6, 6.07) is 18.4. The summed E-state index contributed by atoms with van der Waals surface area (Å²) in [5, 5.41) is 2.97. The van der Waals surface area contributed by atoms with Gasteiger partial charge in [-0.3, -0.25) is 4.79 Å². The minimum Gasteiger partial charge on any atom is -0.372 e. The molecule has 3 nitrogen and oxygen atoms in total. The lowest BCUT2D eigenvalue weighted by Crippen LogP contribution is -2.24. The molecule has 1 heterocycles. The van der Waals surface area contributed by atoms with Gasteiger partial charge in [0, 0.05) is 25.3 Å². The summed E-state index contributed by atoms with van der Waals surface area (Å²) < 4.78 is 0. The van der Waals surface area contributed by atoms with Gasteiger partial charge in [-0.2, -0.15) is 0 Å². The highest BCUT2D eigenvalue weighted by Crippen LogP contribution is 2.20. The van der Waals surface area contributed by atoms with Crippen LogP contribution in [0.3, 0.4) is 0 Å². The van der Waals surface area contributed by atoms with Crippen molar-refractivity contribution in [3.05, 3.63) is 65.7 Å². The smallest absolute Gasteiger partial charge is 0.224 e. The Kier molecular flexibility index (Phi) is 4.74. The zero-order valence-electron chi connectivity index (χ0n) is 12.8. The zero-order chi connectivity index (χ0) is 15.2. The number of anilines is 1. The minimum atomic E-state index is 0.0674. The summed E-state index contributed by atoms with van der Waals surface area (Å²) in [5.74, 6) is 0.0674. The first-order valence-corrected chi connectivity index (χ1v) is 7.96. The third kappa shape index (κ3) is 3.88. The number of carbonyl (C=O) groups is 1. The molecule has 3 rings (SSSR count). The van der Waals surface area contributed by atoms with E-state index < -0.39 is 0 Å². The van der Waals surface area contributed by atoms with Crippen LogP contribution in [0.1, 0.15) is 24.0 Å². The molecule has 22 heavy (non-hydrogen) atoms. The van der Waals surface area contributed by atoms with Crippen LogP contribution in [-0.4, -0.2) is 19.0 Å². The highest BCUT2D eigenvalue weighted by Gasteiger charge is 2.12. The lowest BCUT2D eigenvalue weighted by atomic mass is 10.1. The van der Waals surface area contributed by atoms with Gasteiger partial charge in [0.05, 0.1) is 6.42 Å². The maximum absolute atomic E-state index is 12.0. The number of amides is 1. The summed E-state index contributed by atoms with van der Waals surface area (Å²) in [6.45, 7) is 2.89. The summed E-state index contributed by atoms with van der Waals surface area (Å²) in [7, 11) is 0. The van der Waals surface area contributed by atoms with Gasteiger partial charge in [0.25, 0.3) is 0 Å². The van der Waals surface area contributed by atoms with Crippen LogP contribution in [0.15, 0.2) is 54.6 Å². The fourth-order valence-electron chi connectivity index (χ4n) is 2.84. The summed E-state index contributed by atoms with van der Waals surface area (Å²) in [6.07, 6.45) is 3.00. The molecule has 0 aliphatic carbocycles. The first-order chi connectivity index (χ1) is 10.8. The average Bonchev–Trinajstić information content (AvgIpc) is 3.09. The van der Waals surface area contributed by atoms with Crippen LogP contribution in [0.5, 0.6) is 0 Å². The van der Waals surface area contributed by atoms with Gasteiger partial charge >= 0.3 is 0 Å². The van der Waals surface area contributed by atoms with Gasteiger partial charge in [-0.1, -0.05) is 42.5 Å². The maximum atomic E-state index is 12.0. The van der Waals surface area contributed by atoms with E-state index in [-0.39, 0.29) is 5.91 Å². The molecule has 0 unspecified atom stereocenters. The molecule has 114 valence electrons. The maximum Gasteiger partial charge on any atom is 0.224 e. The van der Waals surface area contributed by atoms with Crippen molar-refractivity contribution in [1.29, 1.82) is 0 Å². The molecule has 1 amide bonds. The number of rotatable bonds is 5. The fourth-order valence-corrected chi connectivity index (χ4v) is 2.84. The van der Waals surface area contributed by atoms with Crippen molar-refractivity contribution in [2.75, 3.05) is 18.0 Å². The summed E-state index contributed by atoms with van der Waals surface area (Å²) in [4.78, 5) is 14.4. The van der Waals surface area contributed by atoms with Crippen molar-refractivity contribution in [2.24, 2.45) is 0 Å². The topological polar surface area (TPSA) is 32.3 Å². The molecule has 0 atom stereocenters. The largest absolute Gasteiger partial charge is 0.372 e. The Morgan fingerprint density at radius 3 is 2.27 bits per heavy atom. The van der Waals surface area contributed by atoms with E-state index >= 15 is 0 Å². The predicted octanol–water partition coefficient (Wildman–Crippen LogP) is 3.15. The van der Waals surface area contributed by atoms with Gasteiger partial charge < -0.3 is 10.2 Å². The Bertz CT molecular complexity index is 601. The van der Waals surface area contributed by atoms with E-state index in [9.17, 15) is 4.79 Å². The number of nitrogens with zero attached hydrogens (tertiary/aromatic N) is 1. The van der Waals surface area contributed by atoms with E-state index in [1.807, 2.05) is 30.3 Å². The van der Waals surface area contributed by atoms with E-state index in [1.165, 1.54) is 18.5 Å². The van der Waals surface area contributed by atoms with Crippen LogP contribution in [0.2, 0.25) is 0 Å². The molecule has 2 aromatic carbocycles. The van der Waals surface area contributed by atoms with E-state index in [2.05, 4.69) is 34.5 Å². The van der Waals surface area contributed by atoms with E-state index in [4.69, 9.17) is 0 Å². The molecular weight excluding hydrogens is 272 g/mol. The van der Waals surface area contributed by atoms with E-state index in [0.717, 1.165) is 24.2 Å². The Balaban J connectivity index is 1.50. The second kappa shape index (κ2) is 7.12. The molecule has 3 heteroatoms. The number of hydrogen-bond acceptors (Lipinski definition) is 2. The Hall–Kier alpha value is -2.29. The Labute approximate surface area is 132 Å². The first-order valence-electron chi connectivity index (χ1n) is 7.96. The molecule has 0 spiro atoms. The Morgan fingerprint density at radius 1 is 0.909 bits per heavy atom. The van der Waals surface area contributed by atoms with Crippen molar-refractivity contribution in [3.8, 4) is 0 Å². The van der Waals surface area contributed by atoms with Crippen molar-refractivity contribution in [3.63, 3.8) is 0 Å². The monoisotopic (exact) mass is 294 g/mol. The van der Waals surface area contributed by atoms with Crippen molar-refractivity contribution in [2.45, 2.75) is 25.8 Å². The van der Waals surface area contributed by atoms with Gasteiger partial charge in [-0.25, -0.2) is 0 Å². The van der Waals surface area contributed by atoms with Gasteiger partial charge in [0.15, 0.2) is 0 Å². The van der Waals surface area contributed by atoms with Crippen molar-refractivity contribution in [1.82, 2.24) is 5.32 Å². The van der Waals surface area contributed by atoms with E-state index in [0.29, 0.717) is 13.0 Å². The van der Waals surface area contributed by atoms with Crippen LogP contribution in [0, 0.1) is 0 Å². The number of nitrogens with one attached hydrogen (secondary N) is 1. The number of benzene rings is 2. The highest BCUT2D eigenvalue weighted by molar-refractivity contribution is 5.78. The highest BCUT2D eigenvalue weighted by atomic mass is 16.1. The molecule has 1 N–H and O–H groups in total. The van der Waals surface area contributed by atoms with Gasteiger partial charge in [0.2, 0.25) is 5.91 Å². The number of carbonyl (C=O) groups excluding carboxylic acids is 1. The van der Waals surface area contributed by atoms with Gasteiger partial charge in [0.1, 0.15) is 0 Å². The molecule has 1 aliphatic heterocycles. The molecule has 1 fully saturated rings. The summed E-state index contributed by atoms with van der Waals surface area (Å²) in [5.41, 5.74) is 3.46. The summed E-state index contributed by atoms with van der Waals surface area (Å²) >= 11 is 0. The minimum absolute atomic E-state index is 0.0674. The normalized spacial score (nSPS) is 14.1. The molecule has 1 saturated heterocycles. The standard InChI is InChI=1S/C19H22N2O/c22-19(20-15-17-6-2-1-3-7-17)14-16-8-10-18(11-9-16)21-12-4-5-13-21/h1-3,6-11H,4-5,12-15H2,(H,20,22). The Morgan fingerprint density at radius 2 is 1.59 bits per heavy atom. The van der Waals surface area contributed by atoms with Crippen molar-refractivity contribution >= 4 is 11.6 Å². The van der Waals surface area contributed by atoms with Gasteiger partial charge in [-0.15, -0.1) is 0 Å². The second-order valence-corrected chi connectivity index (χ2v) is 5.80. The average molecular weight is 294 g/mol. The molecule has 0 aromatic heterocycles. The van der Waals surface area contributed by atoms with Gasteiger partial charge in [-0.05, 0) is 36.1 Å². The molecule has 1 aliphatic rings. The molecule has 0 bridgehead atoms. The lowest BCUT2D eigenvalue weighted by molar-refractivity contribution is -0.120. The van der Waals surface area contributed by atoms with Crippen LogP contribution in [0.25, 0.3) is 0 Å². The zero-order valence-corrected chi connectivity index (χ0v) is 12.8. The molecule has 0 saturated carbocycles. The van der Waals surface area contributed by atoms with Crippen LogP contribution >= 0.6 is 0 Å². The molecular formula is C19H22N2O. The third-order valence-electron chi connectivity index (χ3n) is 4.10. The molecule has 2 aromatic rings. The van der Waals surface area contributed by atoms with Crippen molar-refractivity contribution < 1.29 is 4.79 Å². The van der Waals surface area contributed by atoms with E-state index in [1.54, 1.807) is 0 Å². The second-order valence-electron chi connectivity index (χ2n) is 5.80. The quantitative estimate of drug-likeness (QED) is 0.919. The third-order valence-corrected chi connectivity index (χ3v) is 4.10. The van der Waals surface area contributed by atoms with Crippen LogP contribution in [-0.2, 0) is 17.8 Å². The first kappa shape index (κ1) is 14.6. The SMILES string of the molecule is O=C(Cc1ccc(N2CCCC2)cc1)NCc1ccccc1. The van der Waals surface area contributed by atoms with Crippen LogP contribution < -0.4 is 10.2 Å². The number of hydrogen-bond donors (Lipinski definition) is 1. The lowest BCUT2D eigenvalue weighted by Gasteiger charge is -2.17. The van der Waals surface area contributed by atoms with Crippen LogP contribution in [0.4, 0.5) is 5.69 Å².